The minimum Gasteiger partial charge on any atom is -0.242 e. The molecule has 0 saturated carbocycles. The highest BCUT2D eigenvalue weighted by atomic mass is 35.5. The van der Waals surface area contributed by atoms with Gasteiger partial charge in [-0.15, -0.1) is 0 Å². The van der Waals surface area contributed by atoms with Crippen molar-refractivity contribution in [2.45, 2.75) is 18.4 Å². The summed E-state index contributed by atoms with van der Waals surface area (Å²) in [6, 6.07) is 0. The molecule has 0 saturated heterocycles. The number of hydrogen-bond acceptors (Lipinski definition) is 3. The van der Waals surface area contributed by atoms with Crippen molar-refractivity contribution >= 4 is 21.6 Å². The second kappa shape index (κ2) is 3.99. The lowest BCUT2D eigenvalue weighted by molar-refractivity contribution is 0.150. The summed E-state index contributed by atoms with van der Waals surface area (Å²) >= 11 is 5.47. The Morgan fingerprint density at radius 1 is 1.53 bits per heavy atom. The van der Waals surface area contributed by atoms with Crippen LogP contribution in [0.4, 0.5) is 8.78 Å². The predicted octanol–water partition coefficient (Wildman–Crippen LogP) is 1.63. The number of aromatic nitrogens is 1. The number of primary sulfonamides is 1. The van der Waals surface area contributed by atoms with Gasteiger partial charge in [0, 0.05) is 11.8 Å². The van der Waals surface area contributed by atoms with E-state index in [9.17, 15) is 17.2 Å². The molecule has 0 spiro atoms. The van der Waals surface area contributed by atoms with Crippen molar-refractivity contribution in [3.63, 3.8) is 0 Å². The highest BCUT2D eigenvalue weighted by Gasteiger charge is 2.23. The van der Waals surface area contributed by atoms with Crippen LogP contribution in [0.5, 0.6) is 0 Å². The fourth-order valence-corrected chi connectivity index (χ4v) is 2.14. The molecule has 0 unspecified atom stereocenters. The minimum atomic E-state index is -4.11. The molecule has 2 N–H and O–H groups in total. The molecule has 84 valence electrons. The summed E-state index contributed by atoms with van der Waals surface area (Å²) in [6.07, 6.45) is -2.03. The van der Waals surface area contributed by atoms with Crippen molar-refractivity contribution in [1.29, 1.82) is 0 Å². The quantitative estimate of drug-likeness (QED) is 0.874. The lowest BCUT2D eigenvalue weighted by Gasteiger charge is -2.09. The zero-order chi connectivity index (χ0) is 11.8. The summed E-state index contributed by atoms with van der Waals surface area (Å²) in [6.45, 7) is 1.18. The van der Waals surface area contributed by atoms with E-state index in [-0.39, 0.29) is 10.6 Å². The van der Waals surface area contributed by atoms with E-state index in [2.05, 4.69) is 4.98 Å². The molecule has 1 aromatic rings. The van der Waals surface area contributed by atoms with Crippen LogP contribution < -0.4 is 5.14 Å². The summed E-state index contributed by atoms with van der Waals surface area (Å²) < 4.78 is 47.0. The molecule has 0 aromatic carbocycles. The third kappa shape index (κ3) is 2.42. The first kappa shape index (κ1) is 12.3. The Balaban J connectivity index is 3.56. The van der Waals surface area contributed by atoms with E-state index in [0.29, 0.717) is 0 Å². The smallest absolute Gasteiger partial charge is 0.242 e. The Bertz CT molecular complexity index is 490. The van der Waals surface area contributed by atoms with E-state index in [0.717, 1.165) is 6.20 Å². The number of pyridine rings is 1. The van der Waals surface area contributed by atoms with Gasteiger partial charge < -0.3 is 0 Å². The van der Waals surface area contributed by atoms with Crippen LogP contribution in [-0.2, 0) is 10.0 Å². The number of sulfonamides is 1. The van der Waals surface area contributed by atoms with Crippen LogP contribution in [-0.4, -0.2) is 13.4 Å². The molecule has 1 rings (SSSR count). The van der Waals surface area contributed by atoms with Crippen LogP contribution in [0.25, 0.3) is 0 Å². The van der Waals surface area contributed by atoms with Gasteiger partial charge in [-0.1, -0.05) is 11.6 Å². The summed E-state index contributed by atoms with van der Waals surface area (Å²) in [4.78, 5) is 3.41. The van der Waals surface area contributed by atoms with Gasteiger partial charge in [-0.25, -0.2) is 27.3 Å². The normalized spacial score (nSPS) is 12.1. The van der Waals surface area contributed by atoms with Crippen LogP contribution >= 0.6 is 11.6 Å². The average Bonchev–Trinajstić information content (AvgIpc) is 2.00. The summed E-state index contributed by atoms with van der Waals surface area (Å²) in [5.74, 6) is 0. The predicted molar refractivity (Wildman–Crippen MR) is 50.3 cm³/mol. The molecule has 4 nitrogen and oxygen atoms in total. The topological polar surface area (TPSA) is 73.1 Å². The fraction of sp³-hybridized carbons (Fsp3) is 0.286. The first-order valence-electron chi connectivity index (χ1n) is 3.71. The van der Waals surface area contributed by atoms with Crippen molar-refractivity contribution in [1.82, 2.24) is 4.98 Å². The van der Waals surface area contributed by atoms with Gasteiger partial charge in [0.1, 0.15) is 0 Å². The molecule has 0 aliphatic rings. The number of hydrogen-bond donors (Lipinski definition) is 1. The number of nitrogens with two attached hydrogens (primary N) is 1. The van der Waals surface area contributed by atoms with Crippen LogP contribution in [0.15, 0.2) is 11.2 Å². The zero-order valence-corrected chi connectivity index (χ0v) is 9.11. The third-order valence-electron chi connectivity index (χ3n) is 1.76. The molecular weight excluding hydrogens is 250 g/mol. The van der Waals surface area contributed by atoms with Gasteiger partial charge in [-0.3, -0.25) is 0 Å². The molecular formula is C7H7ClF2N2O2S. The van der Waals surface area contributed by atoms with Crippen LogP contribution in [0.3, 0.4) is 0 Å². The van der Waals surface area contributed by atoms with E-state index >= 15 is 0 Å². The minimum absolute atomic E-state index is 0.222. The van der Waals surface area contributed by atoms with Crippen LogP contribution in [0.2, 0.25) is 5.02 Å². The molecule has 1 heterocycles. The van der Waals surface area contributed by atoms with Gasteiger partial charge in [0.25, 0.3) is 16.4 Å². The first-order chi connectivity index (χ1) is 6.75. The van der Waals surface area contributed by atoms with Crippen LogP contribution in [0.1, 0.15) is 17.6 Å². The Hall–Kier alpha value is -0.790. The van der Waals surface area contributed by atoms with Gasteiger partial charge in [0.05, 0.1) is 5.02 Å². The van der Waals surface area contributed by atoms with Gasteiger partial charge in [0.15, 0.2) is 5.03 Å². The van der Waals surface area contributed by atoms with Gasteiger partial charge >= 0.3 is 0 Å². The van der Waals surface area contributed by atoms with Crippen molar-refractivity contribution in [3.05, 3.63) is 22.3 Å². The second-order valence-electron chi connectivity index (χ2n) is 2.80. The maximum Gasteiger partial charge on any atom is 0.265 e. The molecule has 0 amide bonds. The van der Waals surface area contributed by atoms with E-state index < -0.39 is 27.0 Å². The molecule has 8 heteroatoms. The Morgan fingerprint density at radius 2 is 2.07 bits per heavy atom. The standard InChI is InChI=1S/C7H7ClF2N2O2S/c1-3-5(6(9)10)4(8)2-12-7(3)15(11,13)14/h2,6H,1H3,(H2,11,13,14). The summed E-state index contributed by atoms with van der Waals surface area (Å²) in [5.41, 5.74) is -0.782. The number of nitrogens with zero attached hydrogens (tertiary/aromatic N) is 1. The van der Waals surface area contributed by atoms with Gasteiger partial charge in [-0.2, -0.15) is 0 Å². The zero-order valence-electron chi connectivity index (χ0n) is 7.54. The molecule has 15 heavy (non-hydrogen) atoms. The monoisotopic (exact) mass is 256 g/mol. The Labute approximate surface area is 90.1 Å². The fourth-order valence-electron chi connectivity index (χ4n) is 1.13. The average molecular weight is 257 g/mol. The van der Waals surface area contributed by atoms with Gasteiger partial charge in [-0.05, 0) is 12.5 Å². The summed E-state index contributed by atoms with van der Waals surface area (Å²) in [5, 5.41) is 3.93. The van der Waals surface area contributed by atoms with E-state index in [1.54, 1.807) is 0 Å². The van der Waals surface area contributed by atoms with E-state index in [1.165, 1.54) is 6.92 Å². The van der Waals surface area contributed by atoms with Crippen molar-refractivity contribution in [2.24, 2.45) is 5.14 Å². The number of alkyl halides is 2. The lowest BCUT2D eigenvalue weighted by atomic mass is 10.2. The largest absolute Gasteiger partial charge is 0.265 e. The van der Waals surface area contributed by atoms with E-state index in [1.807, 2.05) is 0 Å². The maximum atomic E-state index is 12.5. The molecule has 0 atom stereocenters. The molecule has 1 aromatic heterocycles. The lowest BCUT2D eigenvalue weighted by Crippen LogP contribution is -2.16. The Kier molecular flexibility index (Phi) is 3.27. The SMILES string of the molecule is Cc1c(S(N)(=O)=O)ncc(Cl)c1C(F)F. The highest BCUT2D eigenvalue weighted by molar-refractivity contribution is 7.89. The molecule has 0 aliphatic carbocycles. The molecule has 0 bridgehead atoms. The van der Waals surface area contributed by atoms with E-state index in [4.69, 9.17) is 16.7 Å². The third-order valence-corrected chi connectivity index (χ3v) is 3.02. The summed E-state index contributed by atoms with van der Waals surface area (Å²) in [7, 11) is -4.11. The van der Waals surface area contributed by atoms with Crippen molar-refractivity contribution < 1.29 is 17.2 Å². The van der Waals surface area contributed by atoms with Gasteiger partial charge in [0.2, 0.25) is 0 Å². The molecule has 0 aliphatic heterocycles. The van der Waals surface area contributed by atoms with Crippen molar-refractivity contribution in [3.8, 4) is 0 Å². The molecule has 0 fully saturated rings. The number of halogens is 3. The Morgan fingerprint density at radius 3 is 2.47 bits per heavy atom. The maximum absolute atomic E-state index is 12.5. The van der Waals surface area contributed by atoms with Crippen LogP contribution in [0, 0.1) is 6.92 Å². The first-order valence-corrected chi connectivity index (χ1v) is 5.63. The highest BCUT2D eigenvalue weighted by Crippen LogP contribution is 2.31. The van der Waals surface area contributed by atoms with Crippen molar-refractivity contribution in [2.75, 3.05) is 0 Å². The molecule has 0 radical (unpaired) electrons. The number of rotatable bonds is 2. The second-order valence-corrected chi connectivity index (χ2v) is 4.68.